The molecule has 2 aromatic carbocycles. The van der Waals surface area contributed by atoms with E-state index in [0.717, 1.165) is 23.7 Å². The van der Waals surface area contributed by atoms with Crippen molar-refractivity contribution in [1.82, 2.24) is 0 Å². The Bertz CT molecular complexity index is 617. The molecule has 0 aliphatic rings. The molecule has 2 rings (SSSR count). The molecule has 0 N–H and O–H groups in total. The summed E-state index contributed by atoms with van der Waals surface area (Å²) in [4.78, 5) is 2.10. The number of nitriles is 1. The number of rotatable bonds is 6. The summed E-state index contributed by atoms with van der Waals surface area (Å²) in [6.07, 6.45) is 0. The van der Waals surface area contributed by atoms with Crippen molar-refractivity contribution in [2.45, 2.75) is 0 Å². The molecule has 0 saturated carbocycles. The van der Waals surface area contributed by atoms with Crippen molar-refractivity contribution in [3.8, 4) is 17.6 Å². The van der Waals surface area contributed by atoms with Crippen molar-refractivity contribution >= 4 is 5.69 Å². The fourth-order valence-corrected chi connectivity index (χ4v) is 1.90. The summed E-state index contributed by atoms with van der Waals surface area (Å²) < 4.78 is 10.9. The number of ether oxygens (including phenoxy) is 2. The summed E-state index contributed by atoms with van der Waals surface area (Å²) >= 11 is 0. The van der Waals surface area contributed by atoms with Crippen molar-refractivity contribution < 1.29 is 9.47 Å². The fourth-order valence-electron chi connectivity index (χ4n) is 1.90. The largest absolute Gasteiger partial charge is 0.497 e. The Morgan fingerprint density at radius 3 is 2.52 bits per heavy atom. The minimum absolute atomic E-state index is 0.569. The SMILES string of the molecule is COc1cccc(N(C)CCOc2ccc(C#N)cc2)c1. The first-order valence-electron chi connectivity index (χ1n) is 6.71. The maximum absolute atomic E-state index is 8.74. The van der Waals surface area contributed by atoms with Crippen LogP contribution in [0.4, 0.5) is 5.69 Å². The first kappa shape index (κ1) is 14.7. The summed E-state index contributed by atoms with van der Waals surface area (Å²) in [6, 6.07) is 17.1. The molecular formula is C17H18N2O2. The molecule has 0 atom stereocenters. The van der Waals surface area contributed by atoms with Gasteiger partial charge >= 0.3 is 0 Å². The van der Waals surface area contributed by atoms with Crippen LogP contribution in [0.25, 0.3) is 0 Å². The van der Waals surface area contributed by atoms with Crippen LogP contribution in [0.15, 0.2) is 48.5 Å². The fraction of sp³-hybridized carbons (Fsp3) is 0.235. The Labute approximate surface area is 125 Å². The molecule has 0 radical (unpaired) electrons. The third-order valence-electron chi connectivity index (χ3n) is 3.17. The third kappa shape index (κ3) is 4.15. The summed E-state index contributed by atoms with van der Waals surface area (Å²) in [5.41, 5.74) is 1.72. The lowest BCUT2D eigenvalue weighted by Crippen LogP contribution is -2.23. The van der Waals surface area contributed by atoms with E-state index >= 15 is 0 Å². The van der Waals surface area contributed by atoms with Crippen molar-refractivity contribution in [2.24, 2.45) is 0 Å². The predicted octanol–water partition coefficient (Wildman–Crippen LogP) is 3.08. The molecular weight excluding hydrogens is 264 g/mol. The summed E-state index contributed by atoms with van der Waals surface area (Å²) in [7, 11) is 3.67. The maximum atomic E-state index is 8.74. The quantitative estimate of drug-likeness (QED) is 0.816. The van der Waals surface area contributed by atoms with E-state index in [1.54, 1.807) is 19.2 Å². The van der Waals surface area contributed by atoms with Crippen molar-refractivity contribution in [3.63, 3.8) is 0 Å². The second-order valence-electron chi connectivity index (χ2n) is 4.61. The number of likely N-dealkylation sites (N-methyl/N-ethyl adjacent to an activating group) is 1. The van der Waals surface area contributed by atoms with E-state index in [0.29, 0.717) is 12.2 Å². The molecule has 4 nitrogen and oxygen atoms in total. The third-order valence-corrected chi connectivity index (χ3v) is 3.17. The van der Waals surface area contributed by atoms with Gasteiger partial charge in [-0.2, -0.15) is 5.26 Å². The van der Waals surface area contributed by atoms with E-state index < -0.39 is 0 Å². The standard InChI is InChI=1S/C17H18N2O2/c1-19(15-4-3-5-17(12-15)20-2)10-11-21-16-8-6-14(13-18)7-9-16/h3-9,12H,10-11H2,1-2H3. The average Bonchev–Trinajstić information content (AvgIpc) is 2.55. The van der Waals surface area contributed by atoms with E-state index in [1.165, 1.54) is 0 Å². The molecule has 0 aromatic heterocycles. The highest BCUT2D eigenvalue weighted by atomic mass is 16.5. The zero-order valence-corrected chi connectivity index (χ0v) is 12.2. The monoisotopic (exact) mass is 282 g/mol. The topological polar surface area (TPSA) is 45.5 Å². The first-order valence-corrected chi connectivity index (χ1v) is 6.71. The van der Waals surface area contributed by atoms with Crippen LogP contribution in [0.3, 0.4) is 0 Å². The number of nitrogens with zero attached hydrogens (tertiary/aromatic N) is 2. The van der Waals surface area contributed by atoms with Gasteiger partial charge in [0, 0.05) is 18.8 Å². The highest BCUT2D eigenvalue weighted by molar-refractivity contribution is 5.50. The molecule has 108 valence electrons. The van der Waals surface area contributed by atoms with Gasteiger partial charge < -0.3 is 14.4 Å². The molecule has 0 aliphatic heterocycles. The van der Waals surface area contributed by atoms with Crippen LogP contribution in [0.1, 0.15) is 5.56 Å². The zero-order valence-electron chi connectivity index (χ0n) is 12.2. The predicted molar refractivity (Wildman–Crippen MR) is 82.9 cm³/mol. The molecule has 0 amide bonds. The second-order valence-corrected chi connectivity index (χ2v) is 4.61. The second kappa shape index (κ2) is 7.20. The lowest BCUT2D eigenvalue weighted by Gasteiger charge is -2.20. The van der Waals surface area contributed by atoms with Crippen LogP contribution in [-0.2, 0) is 0 Å². The van der Waals surface area contributed by atoms with Gasteiger partial charge in [-0.1, -0.05) is 6.07 Å². The molecule has 0 saturated heterocycles. The molecule has 0 spiro atoms. The molecule has 0 heterocycles. The number of hydrogen-bond acceptors (Lipinski definition) is 4. The lowest BCUT2D eigenvalue weighted by molar-refractivity contribution is 0.326. The van der Waals surface area contributed by atoms with Crippen molar-refractivity contribution in [1.29, 1.82) is 5.26 Å². The van der Waals surface area contributed by atoms with Gasteiger partial charge in [0.2, 0.25) is 0 Å². The minimum atomic E-state index is 0.569. The molecule has 0 bridgehead atoms. The Morgan fingerprint density at radius 2 is 1.86 bits per heavy atom. The van der Waals surface area contributed by atoms with Gasteiger partial charge in [-0.3, -0.25) is 0 Å². The number of anilines is 1. The van der Waals surface area contributed by atoms with Gasteiger partial charge in [0.1, 0.15) is 18.1 Å². The molecule has 4 heteroatoms. The van der Waals surface area contributed by atoms with Crippen LogP contribution in [0.2, 0.25) is 0 Å². The molecule has 0 unspecified atom stereocenters. The van der Waals surface area contributed by atoms with E-state index in [4.69, 9.17) is 14.7 Å². The van der Waals surface area contributed by atoms with Crippen molar-refractivity contribution in [3.05, 3.63) is 54.1 Å². The van der Waals surface area contributed by atoms with Crippen LogP contribution < -0.4 is 14.4 Å². The molecule has 21 heavy (non-hydrogen) atoms. The number of benzene rings is 2. The van der Waals surface area contributed by atoms with Gasteiger partial charge in [0.25, 0.3) is 0 Å². The number of methoxy groups -OCH3 is 1. The highest BCUT2D eigenvalue weighted by Gasteiger charge is 2.03. The first-order chi connectivity index (χ1) is 10.2. The van der Waals surface area contributed by atoms with Gasteiger partial charge in [0.05, 0.1) is 25.3 Å². The Balaban J connectivity index is 1.85. The smallest absolute Gasteiger partial charge is 0.120 e. The van der Waals surface area contributed by atoms with Gasteiger partial charge in [-0.05, 0) is 36.4 Å². The molecule has 0 fully saturated rings. The van der Waals surface area contributed by atoms with E-state index in [9.17, 15) is 0 Å². The van der Waals surface area contributed by atoms with Crippen LogP contribution >= 0.6 is 0 Å². The van der Waals surface area contributed by atoms with Gasteiger partial charge in [-0.15, -0.1) is 0 Å². The zero-order chi connectivity index (χ0) is 15.1. The van der Waals surface area contributed by atoms with E-state index in [-0.39, 0.29) is 0 Å². The Morgan fingerprint density at radius 1 is 1.10 bits per heavy atom. The average molecular weight is 282 g/mol. The van der Waals surface area contributed by atoms with Crippen LogP contribution in [-0.4, -0.2) is 27.3 Å². The Hall–Kier alpha value is -2.67. The van der Waals surface area contributed by atoms with Gasteiger partial charge in [0.15, 0.2) is 0 Å². The highest BCUT2D eigenvalue weighted by Crippen LogP contribution is 2.19. The summed E-state index contributed by atoms with van der Waals surface area (Å²) in [5, 5.41) is 8.74. The summed E-state index contributed by atoms with van der Waals surface area (Å²) in [6.45, 7) is 1.33. The minimum Gasteiger partial charge on any atom is -0.497 e. The maximum Gasteiger partial charge on any atom is 0.120 e. The summed E-state index contributed by atoms with van der Waals surface area (Å²) in [5.74, 6) is 1.61. The van der Waals surface area contributed by atoms with Crippen molar-refractivity contribution in [2.75, 3.05) is 32.2 Å². The number of hydrogen-bond donors (Lipinski definition) is 0. The van der Waals surface area contributed by atoms with Crippen LogP contribution in [0, 0.1) is 11.3 Å². The van der Waals surface area contributed by atoms with E-state index in [2.05, 4.69) is 11.0 Å². The molecule has 0 aliphatic carbocycles. The molecule has 2 aromatic rings. The normalized spacial score (nSPS) is 9.76. The Kier molecular flexibility index (Phi) is 5.05. The lowest BCUT2D eigenvalue weighted by atomic mass is 10.2. The van der Waals surface area contributed by atoms with E-state index in [1.807, 2.05) is 43.4 Å². The van der Waals surface area contributed by atoms with Gasteiger partial charge in [-0.25, -0.2) is 0 Å². The van der Waals surface area contributed by atoms with Crippen LogP contribution in [0.5, 0.6) is 11.5 Å².